The van der Waals surface area contributed by atoms with Crippen LogP contribution >= 0.6 is 0 Å². The average Bonchev–Trinajstić information content (AvgIpc) is 2.77. The van der Waals surface area contributed by atoms with Gasteiger partial charge in [-0.25, -0.2) is 0 Å². The molecule has 0 aromatic rings. The van der Waals surface area contributed by atoms with Crippen molar-refractivity contribution in [3.8, 4) is 0 Å². The van der Waals surface area contributed by atoms with Crippen molar-refractivity contribution in [2.24, 2.45) is 0 Å². The first-order valence-electron chi connectivity index (χ1n) is 4.29. The molecule has 0 aromatic heterocycles. The summed E-state index contributed by atoms with van der Waals surface area (Å²) >= 11 is 0. The minimum absolute atomic E-state index is 0.144. The fourth-order valence-electron chi connectivity index (χ4n) is 1.14. The van der Waals surface area contributed by atoms with Crippen molar-refractivity contribution < 1.29 is 9.84 Å². The highest BCUT2D eigenvalue weighted by Crippen LogP contribution is 2.25. The standard InChI is InChI=1S/C9H16O2/c1-2-3-4-5-6-8-9(7-10)11-8/h3-4,8-10H,2,5-7H2,1H3/b4-3+/t8-,9+/m1/s1. The van der Waals surface area contributed by atoms with Crippen LogP contribution in [-0.2, 0) is 4.74 Å². The van der Waals surface area contributed by atoms with Crippen LogP contribution in [0.4, 0.5) is 0 Å². The lowest BCUT2D eigenvalue weighted by molar-refractivity contribution is 0.241. The van der Waals surface area contributed by atoms with Crippen molar-refractivity contribution in [3.05, 3.63) is 12.2 Å². The molecule has 0 unspecified atom stereocenters. The van der Waals surface area contributed by atoms with Crippen LogP contribution in [0.15, 0.2) is 12.2 Å². The van der Waals surface area contributed by atoms with Crippen LogP contribution in [0.25, 0.3) is 0 Å². The molecule has 1 heterocycles. The Labute approximate surface area is 67.9 Å². The van der Waals surface area contributed by atoms with E-state index in [0.29, 0.717) is 6.10 Å². The van der Waals surface area contributed by atoms with E-state index in [1.54, 1.807) is 0 Å². The number of hydrogen-bond acceptors (Lipinski definition) is 2. The van der Waals surface area contributed by atoms with Gasteiger partial charge in [-0.05, 0) is 19.3 Å². The number of allylic oxidation sites excluding steroid dienone is 2. The summed E-state index contributed by atoms with van der Waals surface area (Å²) < 4.78 is 5.16. The third kappa shape index (κ3) is 3.04. The Morgan fingerprint density at radius 3 is 2.73 bits per heavy atom. The molecule has 0 saturated carbocycles. The molecule has 0 aromatic carbocycles. The first-order chi connectivity index (χ1) is 5.38. The minimum Gasteiger partial charge on any atom is -0.394 e. The third-order valence-electron chi connectivity index (χ3n) is 1.89. The Morgan fingerprint density at radius 1 is 1.36 bits per heavy atom. The smallest absolute Gasteiger partial charge is 0.107 e. The molecule has 2 heteroatoms. The molecular weight excluding hydrogens is 140 g/mol. The van der Waals surface area contributed by atoms with Crippen LogP contribution < -0.4 is 0 Å². The summed E-state index contributed by atoms with van der Waals surface area (Å²) in [5.41, 5.74) is 0. The van der Waals surface area contributed by atoms with Gasteiger partial charge in [0.1, 0.15) is 6.10 Å². The summed E-state index contributed by atoms with van der Waals surface area (Å²) in [5, 5.41) is 8.64. The molecule has 1 aliphatic heterocycles. The average molecular weight is 156 g/mol. The van der Waals surface area contributed by atoms with E-state index in [9.17, 15) is 0 Å². The second-order valence-corrected chi connectivity index (χ2v) is 2.85. The number of ether oxygens (including phenoxy) is 1. The van der Waals surface area contributed by atoms with Gasteiger partial charge in [0.2, 0.25) is 0 Å². The molecule has 0 bridgehead atoms. The molecule has 1 fully saturated rings. The zero-order valence-electron chi connectivity index (χ0n) is 6.99. The SMILES string of the molecule is CC/C=C/CC[C@H]1O[C@H]1CO. The highest BCUT2D eigenvalue weighted by Gasteiger charge is 2.36. The number of rotatable bonds is 5. The van der Waals surface area contributed by atoms with Crippen LogP contribution in [0.5, 0.6) is 0 Å². The first-order valence-corrected chi connectivity index (χ1v) is 4.29. The van der Waals surface area contributed by atoms with Crippen molar-refractivity contribution in [2.75, 3.05) is 6.61 Å². The molecule has 64 valence electrons. The Balaban J connectivity index is 1.93. The van der Waals surface area contributed by atoms with Crippen LogP contribution in [0.1, 0.15) is 26.2 Å². The number of epoxide rings is 1. The molecule has 0 aliphatic carbocycles. The topological polar surface area (TPSA) is 32.8 Å². The van der Waals surface area contributed by atoms with Gasteiger partial charge in [0, 0.05) is 0 Å². The van der Waals surface area contributed by atoms with Gasteiger partial charge in [0.05, 0.1) is 12.7 Å². The molecule has 1 saturated heterocycles. The predicted molar refractivity (Wildman–Crippen MR) is 44.4 cm³/mol. The van der Waals surface area contributed by atoms with Gasteiger partial charge < -0.3 is 9.84 Å². The van der Waals surface area contributed by atoms with Gasteiger partial charge >= 0.3 is 0 Å². The summed E-state index contributed by atoms with van der Waals surface area (Å²) in [6.07, 6.45) is 8.06. The van der Waals surface area contributed by atoms with E-state index in [0.717, 1.165) is 19.3 Å². The lowest BCUT2D eigenvalue weighted by Crippen LogP contribution is -1.97. The lowest BCUT2D eigenvalue weighted by atomic mass is 10.2. The van der Waals surface area contributed by atoms with E-state index in [2.05, 4.69) is 19.1 Å². The van der Waals surface area contributed by atoms with Gasteiger partial charge in [-0.2, -0.15) is 0 Å². The molecule has 0 amide bonds. The van der Waals surface area contributed by atoms with E-state index >= 15 is 0 Å². The first kappa shape index (κ1) is 8.75. The molecule has 0 radical (unpaired) electrons. The summed E-state index contributed by atoms with van der Waals surface area (Å²) in [6, 6.07) is 0. The van der Waals surface area contributed by atoms with E-state index in [1.807, 2.05) is 0 Å². The van der Waals surface area contributed by atoms with Gasteiger partial charge in [-0.15, -0.1) is 0 Å². The monoisotopic (exact) mass is 156 g/mol. The van der Waals surface area contributed by atoms with Crippen LogP contribution in [0.3, 0.4) is 0 Å². The fourth-order valence-corrected chi connectivity index (χ4v) is 1.14. The summed E-state index contributed by atoms with van der Waals surface area (Å²) in [4.78, 5) is 0. The fraction of sp³-hybridized carbons (Fsp3) is 0.778. The Morgan fingerprint density at radius 2 is 2.18 bits per heavy atom. The molecule has 1 aliphatic rings. The summed E-state index contributed by atoms with van der Waals surface area (Å²) in [5.74, 6) is 0. The molecule has 0 spiro atoms. The van der Waals surface area contributed by atoms with Crippen LogP contribution in [0.2, 0.25) is 0 Å². The van der Waals surface area contributed by atoms with Gasteiger partial charge in [-0.3, -0.25) is 0 Å². The number of aliphatic hydroxyl groups is 1. The third-order valence-corrected chi connectivity index (χ3v) is 1.89. The summed E-state index contributed by atoms with van der Waals surface area (Å²) in [6.45, 7) is 2.31. The lowest BCUT2D eigenvalue weighted by Gasteiger charge is -1.87. The highest BCUT2D eigenvalue weighted by molar-refractivity contribution is 4.88. The van der Waals surface area contributed by atoms with Crippen LogP contribution in [-0.4, -0.2) is 23.9 Å². The van der Waals surface area contributed by atoms with Crippen molar-refractivity contribution in [2.45, 2.75) is 38.4 Å². The highest BCUT2D eigenvalue weighted by atomic mass is 16.6. The largest absolute Gasteiger partial charge is 0.394 e. The van der Waals surface area contributed by atoms with Crippen molar-refractivity contribution in [1.29, 1.82) is 0 Å². The Kier molecular flexibility index (Phi) is 3.60. The maximum Gasteiger partial charge on any atom is 0.107 e. The van der Waals surface area contributed by atoms with Crippen molar-refractivity contribution in [3.63, 3.8) is 0 Å². The second-order valence-electron chi connectivity index (χ2n) is 2.85. The normalized spacial score (nSPS) is 29.6. The van der Waals surface area contributed by atoms with Gasteiger partial charge in [0.25, 0.3) is 0 Å². The van der Waals surface area contributed by atoms with E-state index in [4.69, 9.17) is 9.84 Å². The Hall–Kier alpha value is -0.340. The zero-order valence-corrected chi connectivity index (χ0v) is 6.99. The molecule has 1 N–H and O–H groups in total. The Bertz CT molecular complexity index is 132. The van der Waals surface area contributed by atoms with Crippen molar-refractivity contribution in [1.82, 2.24) is 0 Å². The second kappa shape index (κ2) is 4.52. The van der Waals surface area contributed by atoms with E-state index < -0.39 is 0 Å². The number of aliphatic hydroxyl groups excluding tert-OH is 1. The molecule has 2 atom stereocenters. The summed E-state index contributed by atoms with van der Waals surface area (Å²) in [7, 11) is 0. The predicted octanol–water partition coefficient (Wildman–Crippen LogP) is 1.49. The zero-order chi connectivity index (χ0) is 8.10. The van der Waals surface area contributed by atoms with E-state index in [1.165, 1.54) is 0 Å². The number of hydrogen-bond donors (Lipinski definition) is 1. The van der Waals surface area contributed by atoms with Gasteiger partial charge in [-0.1, -0.05) is 19.1 Å². The maximum absolute atomic E-state index is 8.64. The van der Waals surface area contributed by atoms with E-state index in [-0.39, 0.29) is 12.7 Å². The quantitative estimate of drug-likeness (QED) is 0.483. The van der Waals surface area contributed by atoms with Gasteiger partial charge in [0.15, 0.2) is 0 Å². The minimum atomic E-state index is 0.144. The van der Waals surface area contributed by atoms with Crippen molar-refractivity contribution >= 4 is 0 Å². The maximum atomic E-state index is 8.64. The molecule has 1 rings (SSSR count). The van der Waals surface area contributed by atoms with Crippen LogP contribution in [0, 0.1) is 0 Å². The molecule has 2 nitrogen and oxygen atoms in total. The molecular formula is C9H16O2. The molecule has 11 heavy (non-hydrogen) atoms.